The van der Waals surface area contributed by atoms with Gasteiger partial charge in [0.15, 0.2) is 0 Å². The van der Waals surface area contributed by atoms with Gasteiger partial charge in [-0.25, -0.2) is 0 Å². The van der Waals surface area contributed by atoms with Crippen molar-refractivity contribution in [2.75, 3.05) is 6.61 Å². The lowest BCUT2D eigenvalue weighted by Gasteiger charge is -2.24. The van der Waals surface area contributed by atoms with Gasteiger partial charge in [-0.15, -0.1) is 0 Å². The SMILES string of the molecule is N[C@@H](Cc1c[nH]c2ccccc12)C(=O)N[C@@H](CO)C(=O)N[C@@H](Cc1ccc(O)cc1)C(=O)N[C@@H]([C]=O)Cc1ccc2ccccc2c1. The summed E-state index contributed by atoms with van der Waals surface area (Å²) in [7, 11) is 0. The maximum Gasteiger partial charge on any atom is 0.245 e. The maximum absolute atomic E-state index is 13.5. The lowest BCUT2D eigenvalue weighted by Crippen LogP contribution is -2.58. The van der Waals surface area contributed by atoms with Gasteiger partial charge in [-0.2, -0.15) is 0 Å². The third-order valence-electron chi connectivity index (χ3n) is 7.99. The van der Waals surface area contributed by atoms with E-state index in [1.54, 1.807) is 18.3 Å². The lowest BCUT2D eigenvalue weighted by molar-refractivity contribution is -0.133. The smallest absolute Gasteiger partial charge is 0.245 e. The maximum atomic E-state index is 13.5. The van der Waals surface area contributed by atoms with Crippen molar-refractivity contribution in [1.82, 2.24) is 20.9 Å². The number of hydrogen-bond acceptors (Lipinski definition) is 7. The number of aromatic nitrogens is 1. The van der Waals surface area contributed by atoms with Crippen molar-refractivity contribution in [3.05, 3.63) is 114 Å². The fourth-order valence-electron chi connectivity index (χ4n) is 5.45. The number of hydrogen-bond donors (Lipinski definition) is 7. The van der Waals surface area contributed by atoms with Crippen LogP contribution in [0.15, 0.2) is 97.2 Å². The van der Waals surface area contributed by atoms with Gasteiger partial charge in [0, 0.05) is 29.9 Å². The Morgan fingerprint density at radius 3 is 2.15 bits per heavy atom. The molecule has 4 atom stereocenters. The zero-order valence-corrected chi connectivity index (χ0v) is 25.5. The predicted octanol–water partition coefficient (Wildman–Crippen LogP) is 1.94. The normalized spacial score (nSPS) is 13.7. The molecule has 3 amide bonds. The van der Waals surface area contributed by atoms with E-state index in [1.807, 2.05) is 73.0 Å². The fourth-order valence-corrected chi connectivity index (χ4v) is 5.45. The number of H-pyrrole nitrogens is 1. The van der Waals surface area contributed by atoms with Crippen molar-refractivity contribution in [2.45, 2.75) is 43.4 Å². The van der Waals surface area contributed by atoms with E-state index in [9.17, 15) is 29.4 Å². The predicted molar refractivity (Wildman–Crippen MR) is 178 cm³/mol. The number of benzene rings is 4. The summed E-state index contributed by atoms with van der Waals surface area (Å²) in [4.78, 5) is 54.9. The van der Waals surface area contributed by atoms with Crippen LogP contribution < -0.4 is 21.7 Å². The van der Waals surface area contributed by atoms with Gasteiger partial charge in [-0.1, -0.05) is 72.8 Å². The first-order chi connectivity index (χ1) is 22.7. The average molecular weight is 635 g/mol. The number of amides is 3. The summed E-state index contributed by atoms with van der Waals surface area (Å²) < 4.78 is 0. The van der Waals surface area contributed by atoms with E-state index in [2.05, 4.69) is 20.9 Å². The molecule has 0 bridgehead atoms. The first kappa shape index (κ1) is 32.9. The Balaban J connectivity index is 1.26. The minimum absolute atomic E-state index is 0.00836. The minimum Gasteiger partial charge on any atom is -0.508 e. The second-order valence-corrected chi connectivity index (χ2v) is 11.4. The number of aromatic hydroxyl groups is 1. The largest absolute Gasteiger partial charge is 0.508 e. The van der Waals surface area contributed by atoms with Gasteiger partial charge in [0.05, 0.1) is 18.7 Å². The molecular weight excluding hydrogens is 598 g/mol. The molecule has 241 valence electrons. The number of rotatable bonds is 14. The standard InChI is InChI=1S/C36H36N5O6/c37-30(18-26-19-38-31-8-4-3-7-29(26)31)34(45)41-33(21-43)36(47)40-32(17-22-10-13-28(44)14-11-22)35(46)39-27(20-42)16-23-9-12-24-5-1-2-6-25(24)15-23/h1-15,19,27,30,32-33,38,43-44H,16-18,21,37H2,(H,39,46)(H,40,47)(H,41,45)/t27-,30+,32+,33+/m1/s1. The van der Waals surface area contributed by atoms with Crippen molar-refractivity contribution in [3.8, 4) is 5.75 Å². The van der Waals surface area contributed by atoms with E-state index in [0.29, 0.717) is 5.56 Å². The van der Waals surface area contributed by atoms with Crippen LogP contribution in [-0.4, -0.2) is 70.0 Å². The molecule has 0 aliphatic carbocycles. The molecule has 0 unspecified atom stereocenters. The number of aromatic amines is 1. The van der Waals surface area contributed by atoms with E-state index in [-0.39, 0.29) is 25.0 Å². The zero-order chi connectivity index (χ0) is 33.3. The van der Waals surface area contributed by atoms with Gasteiger partial charge in [0.1, 0.15) is 17.8 Å². The number of carbonyl (C=O) groups excluding carboxylic acids is 4. The monoisotopic (exact) mass is 634 g/mol. The average Bonchev–Trinajstić information content (AvgIpc) is 3.49. The van der Waals surface area contributed by atoms with Gasteiger partial charge >= 0.3 is 0 Å². The molecular formula is C36H36N5O6. The number of phenols is 1. The van der Waals surface area contributed by atoms with Crippen LogP contribution in [0.1, 0.15) is 16.7 Å². The molecule has 0 saturated heterocycles. The first-order valence-corrected chi connectivity index (χ1v) is 15.2. The topological polar surface area (TPSA) is 187 Å². The molecule has 1 radical (unpaired) electrons. The van der Waals surface area contributed by atoms with Crippen molar-refractivity contribution >= 4 is 45.7 Å². The number of nitrogens with one attached hydrogen (secondary N) is 4. The highest BCUT2D eigenvalue weighted by Gasteiger charge is 2.29. The summed E-state index contributed by atoms with van der Waals surface area (Å²) in [6.07, 6.45) is 3.98. The Hall–Kier alpha value is -5.52. The molecule has 11 heteroatoms. The molecule has 11 nitrogen and oxygen atoms in total. The van der Waals surface area contributed by atoms with E-state index >= 15 is 0 Å². The molecule has 0 aliphatic rings. The van der Waals surface area contributed by atoms with Crippen LogP contribution in [-0.2, 0) is 38.4 Å². The summed E-state index contributed by atoms with van der Waals surface area (Å²) in [5.41, 5.74) is 9.30. The Kier molecular flexibility index (Phi) is 10.6. The quantitative estimate of drug-likeness (QED) is 0.0972. The summed E-state index contributed by atoms with van der Waals surface area (Å²) in [5.74, 6) is -2.12. The van der Waals surface area contributed by atoms with Crippen LogP contribution in [0.2, 0.25) is 0 Å². The van der Waals surface area contributed by atoms with Gasteiger partial charge in [0.2, 0.25) is 24.0 Å². The number of para-hydroxylation sites is 1. The van der Waals surface area contributed by atoms with Gasteiger partial charge in [0.25, 0.3) is 0 Å². The molecule has 4 aromatic carbocycles. The van der Waals surface area contributed by atoms with E-state index in [4.69, 9.17) is 5.73 Å². The Morgan fingerprint density at radius 1 is 0.745 bits per heavy atom. The molecule has 8 N–H and O–H groups in total. The Bertz CT molecular complexity index is 1870. The van der Waals surface area contributed by atoms with Crippen molar-refractivity contribution in [1.29, 1.82) is 0 Å². The second kappa shape index (κ2) is 15.2. The molecule has 5 aromatic rings. The minimum atomic E-state index is -1.40. The summed E-state index contributed by atoms with van der Waals surface area (Å²) in [6.45, 7) is -0.752. The number of nitrogens with two attached hydrogens (primary N) is 1. The van der Waals surface area contributed by atoms with Crippen molar-refractivity contribution < 1.29 is 29.4 Å². The second-order valence-electron chi connectivity index (χ2n) is 11.4. The molecule has 0 spiro atoms. The number of aliphatic hydroxyl groups is 1. The van der Waals surface area contributed by atoms with Crippen molar-refractivity contribution in [3.63, 3.8) is 0 Å². The highest BCUT2D eigenvalue weighted by Crippen LogP contribution is 2.19. The summed E-state index contributed by atoms with van der Waals surface area (Å²) in [5, 5.41) is 30.4. The molecule has 0 saturated carbocycles. The number of phenolic OH excluding ortho intramolecular Hbond substituents is 1. The van der Waals surface area contributed by atoms with Crippen LogP contribution in [0.5, 0.6) is 5.75 Å². The third-order valence-corrected chi connectivity index (χ3v) is 7.99. The molecule has 47 heavy (non-hydrogen) atoms. The van der Waals surface area contributed by atoms with Crippen LogP contribution in [0, 0.1) is 0 Å². The number of aliphatic hydroxyl groups excluding tert-OH is 1. The van der Waals surface area contributed by atoms with Gasteiger partial charge < -0.3 is 36.9 Å². The molecule has 5 rings (SSSR count). The van der Waals surface area contributed by atoms with Gasteiger partial charge in [-0.3, -0.25) is 19.2 Å². The van der Waals surface area contributed by atoms with E-state index in [1.165, 1.54) is 12.1 Å². The van der Waals surface area contributed by atoms with Crippen LogP contribution in [0.4, 0.5) is 0 Å². The van der Waals surface area contributed by atoms with Crippen LogP contribution in [0.25, 0.3) is 21.7 Å². The van der Waals surface area contributed by atoms with Crippen LogP contribution in [0.3, 0.4) is 0 Å². The van der Waals surface area contributed by atoms with E-state index in [0.717, 1.165) is 32.8 Å². The zero-order valence-electron chi connectivity index (χ0n) is 25.5. The third kappa shape index (κ3) is 8.40. The van der Waals surface area contributed by atoms with Crippen molar-refractivity contribution in [2.24, 2.45) is 5.73 Å². The van der Waals surface area contributed by atoms with E-state index < -0.39 is 48.5 Å². The lowest BCUT2D eigenvalue weighted by atomic mass is 10.0. The highest BCUT2D eigenvalue weighted by molar-refractivity contribution is 5.94. The van der Waals surface area contributed by atoms with Crippen LogP contribution >= 0.6 is 0 Å². The molecule has 1 heterocycles. The molecule has 0 fully saturated rings. The molecule has 1 aromatic heterocycles. The fraction of sp³-hybridized carbons (Fsp3) is 0.222. The summed E-state index contributed by atoms with van der Waals surface area (Å²) >= 11 is 0. The Labute approximate surface area is 271 Å². The number of fused-ring (bicyclic) bond motifs is 2. The van der Waals surface area contributed by atoms with Gasteiger partial charge in [-0.05, 0) is 52.1 Å². The highest BCUT2D eigenvalue weighted by atomic mass is 16.3. The molecule has 0 aliphatic heterocycles. The first-order valence-electron chi connectivity index (χ1n) is 15.2. The number of carbonyl (C=O) groups is 3. The Morgan fingerprint density at radius 2 is 1.40 bits per heavy atom. The summed E-state index contributed by atoms with van der Waals surface area (Å²) in [6, 6.07) is 22.5.